The fraction of sp³-hybridized carbons (Fsp3) is 0.182. The maximum atomic E-state index is 15.0. The Labute approximate surface area is 195 Å². The van der Waals surface area contributed by atoms with Gasteiger partial charge in [-0.3, -0.25) is 4.79 Å². The number of carbonyl (C=O) groups excluding carboxylic acids is 1. The number of aromatic nitrogens is 2. The summed E-state index contributed by atoms with van der Waals surface area (Å²) in [5, 5.41) is 9.97. The molecule has 0 radical (unpaired) electrons. The number of benzene rings is 1. The molecule has 178 valence electrons. The van der Waals surface area contributed by atoms with Crippen LogP contribution in [-0.2, 0) is 6.18 Å². The molecule has 0 aliphatic heterocycles. The molecule has 7 nitrogen and oxygen atoms in total. The monoisotopic (exact) mass is 497 g/mol. The van der Waals surface area contributed by atoms with Crippen molar-refractivity contribution >= 4 is 29.2 Å². The summed E-state index contributed by atoms with van der Waals surface area (Å²) in [5.74, 6) is -5.29. The molecule has 0 unspecified atom stereocenters. The van der Waals surface area contributed by atoms with Crippen LogP contribution in [0, 0.1) is 5.82 Å². The van der Waals surface area contributed by atoms with Gasteiger partial charge in [-0.2, -0.15) is 13.2 Å². The zero-order valence-electron chi connectivity index (χ0n) is 17.6. The smallest absolute Gasteiger partial charge is 0.421 e. The normalized spacial score (nSPS) is 11.4. The molecule has 1 amide bonds. The molecular weight excluding hydrogens is 482 g/mol. The topological polar surface area (TPSA) is 92.6 Å². The molecule has 2 aromatic heterocycles. The quantitative estimate of drug-likeness (QED) is 0.430. The van der Waals surface area contributed by atoms with Gasteiger partial charge in [0.05, 0.1) is 16.3 Å². The molecule has 2 heterocycles. The molecule has 0 aliphatic carbocycles. The standard InChI is InChI=1S/C22H16ClF4N3O4/c1-11(2)30(20(31)16-6-5-12(23)10-29-16)17-9-15(24)18(8-13(17)21(32)33)34-19-14(22(25,26)27)4-3-7-28-19/h3-11H,1-2H3,(H,32,33). The Morgan fingerprint density at radius 3 is 2.41 bits per heavy atom. The van der Waals surface area contributed by atoms with Crippen molar-refractivity contribution < 1.29 is 37.0 Å². The molecule has 0 atom stereocenters. The van der Waals surface area contributed by atoms with Crippen molar-refractivity contribution in [3.05, 3.63) is 76.5 Å². The first kappa shape index (κ1) is 24.9. The lowest BCUT2D eigenvalue weighted by Crippen LogP contribution is -2.38. The number of nitrogens with zero attached hydrogens (tertiary/aromatic N) is 3. The number of carboxylic acid groups (broad SMARTS) is 1. The van der Waals surface area contributed by atoms with E-state index in [2.05, 4.69) is 9.97 Å². The predicted molar refractivity (Wildman–Crippen MR) is 114 cm³/mol. The summed E-state index contributed by atoms with van der Waals surface area (Å²) in [6, 6.07) is 5.17. The molecule has 1 N–H and O–H groups in total. The van der Waals surface area contributed by atoms with Gasteiger partial charge in [0.1, 0.15) is 11.3 Å². The van der Waals surface area contributed by atoms with E-state index in [1.165, 1.54) is 18.3 Å². The van der Waals surface area contributed by atoms with E-state index in [9.17, 15) is 32.3 Å². The lowest BCUT2D eigenvalue weighted by atomic mass is 10.1. The fourth-order valence-electron chi connectivity index (χ4n) is 3.03. The van der Waals surface area contributed by atoms with Gasteiger partial charge < -0.3 is 14.7 Å². The number of rotatable bonds is 6. The summed E-state index contributed by atoms with van der Waals surface area (Å²) >= 11 is 5.78. The van der Waals surface area contributed by atoms with Crippen LogP contribution in [0.5, 0.6) is 11.6 Å². The number of aromatic carboxylic acids is 1. The lowest BCUT2D eigenvalue weighted by Gasteiger charge is -2.28. The maximum absolute atomic E-state index is 15.0. The number of hydrogen-bond donors (Lipinski definition) is 1. The first-order valence-electron chi connectivity index (χ1n) is 9.62. The highest BCUT2D eigenvalue weighted by Crippen LogP contribution is 2.38. The van der Waals surface area contributed by atoms with Gasteiger partial charge >= 0.3 is 12.1 Å². The molecule has 0 saturated heterocycles. The SMILES string of the molecule is CC(C)N(C(=O)c1ccc(Cl)cn1)c1cc(F)c(Oc2ncccc2C(F)(F)F)cc1C(=O)O. The van der Waals surface area contributed by atoms with Crippen LogP contribution in [0.15, 0.2) is 48.8 Å². The molecule has 0 spiro atoms. The van der Waals surface area contributed by atoms with E-state index in [-0.39, 0.29) is 16.4 Å². The number of anilines is 1. The number of carboxylic acids is 1. The Hall–Kier alpha value is -3.73. The van der Waals surface area contributed by atoms with E-state index in [1.54, 1.807) is 13.8 Å². The van der Waals surface area contributed by atoms with Crippen LogP contribution in [0.25, 0.3) is 0 Å². The van der Waals surface area contributed by atoms with Gasteiger partial charge in [0.15, 0.2) is 11.6 Å². The highest BCUT2D eigenvalue weighted by atomic mass is 35.5. The Morgan fingerprint density at radius 1 is 1.15 bits per heavy atom. The van der Waals surface area contributed by atoms with E-state index in [0.29, 0.717) is 18.2 Å². The minimum absolute atomic E-state index is 0.0847. The van der Waals surface area contributed by atoms with Crippen LogP contribution in [0.3, 0.4) is 0 Å². The fourth-order valence-corrected chi connectivity index (χ4v) is 3.14. The van der Waals surface area contributed by atoms with E-state index >= 15 is 0 Å². The summed E-state index contributed by atoms with van der Waals surface area (Å²) in [4.78, 5) is 33.4. The number of hydrogen-bond acceptors (Lipinski definition) is 5. The molecule has 0 bridgehead atoms. The summed E-state index contributed by atoms with van der Waals surface area (Å²) in [5.41, 5.74) is -2.29. The van der Waals surface area contributed by atoms with Gasteiger partial charge in [-0.05, 0) is 38.1 Å². The van der Waals surface area contributed by atoms with Crippen LogP contribution in [-0.4, -0.2) is 33.0 Å². The lowest BCUT2D eigenvalue weighted by molar-refractivity contribution is -0.138. The van der Waals surface area contributed by atoms with E-state index in [1.807, 2.05) is 0 Å². The minimum Gasteiger partial charge on any atom is -0.478 e. The third kappa shape index (κ3) is 5.25. The summed E-state index contributed by atoms with van der Waals surface area (Å²) in [7, 11) is 0. The Kier molecular flexibility index (Phi) is 7.06. The van der Waals surface area contributed by atoms with Crippen molar-refractivity contribution in [1.82, 2.24) is 9.97 Å². The number of carbonyl (C=O) groups is 2. The summed E-state index contributed by atoms with van der Waals surface area (Å²) < 4.78 is 59.6. The van der Waals surface area contributed by atoms with E-state index in [4.69, 9.17) is 16.3 Å². The summed E-state index contributed by atoms with van der Waals surface area (Å²) in [6.45, 7) is 3.12. The molecule has 34 heavy (non-hydrogen) atoms. The van der Waals surface area contributed by atoms with Crippen LogP contribution in [0.4, 0.5) is 23.2 Å². The Bertz CT molecular complexity index is 1230. The molecule has 0 fully saturated rings. The molecule has 3 aromatic rings. The number of ether oxygens (including phenoxy) is 1. The maximum Gasteiger partial charge on any atom is 0.421 e. The van der Waals surface area contributed by atoms with Gasteiger partial charge in [0.25, 0.3) is 5.91 Å². The van der Waals surface area contributed by atoms with Crippen molar-refractivity contribution in [3.63, 3.8) is 0 Å². The predicted octanol–water partition coefficient (Wildman–Crippen LogP) is 5.83. The van der Waals surface area contributed by atoms with E-state index in [0.717, 1.165) is 17.2 Å². The van der Waals surface area contributed by atoms with Gasteiger partial charge in [-0.15, -0.1) is 0 Å². The number of halogens is 5. The zero-order valence-corrected chi connectivity index (χ0v) is 18.4. The minimum atomic E-state index is -4.85. The largest absolute Gasteiger partial charge is 0.478 e. The first-order valence-corrected chi connectivity index (χ1v) is 10.00. The van der Waals surface area contributed by atoms with Gasteiger partial charge in [-0.1, -0.05) is 11.6 Å². The highest BCUT2D eigenvalue weighted by molar-refractivity contribution is 6.30. The molecule has 0 aliphatic rings. The second kappa shape index (κ2) is 9.64. The van der Waals surface area contributed by atoms with Crippen molar-refractivity contribution in [2.75, 3.05) is 4.90 Å². The molecule has 12 heteroatoms. The van der Waals surface area contributed by atoms with Crippen molar-refractivity contribution in [3.8, 4) is 11.6 Å². The average Bonchev–Trinajstić information content (AvgIpc) is 2.75. The van der Waals surface area contributed by atoms with Gasteiger partial charge in [0, 0.05) is 30.6 Å². The van der Waals surface area contributed by atoms with Crippen molar-refractivity contribution in [1.29, 1.82) is 0 Å². The average molecular weight is 498 g/mol. The Balaban J connectivity index is 2.10. The Morgan fingerprint density at radius 2 is 1.85 bits per heavy atom. The van der Waals surface area contributed by atoms with Crippen LogP contribution >= 0.6 is 11.6 Å². The molecule has 0 saturated carbocycles. The van der Waals surface area contributed by atoms with E-state index < -0.39 is 52.7 Å². The number of alkyl halides is 3. The number of pyridine rings is 2. The third-order valence-electron chi connectivity index (χ3n) is 4.51. The highest BCUT2D eigenvalue weighted by Gasteiger charge is 2.36. The van der Waals surface area contributed by atoms with Crippen LogP contribution in [0.1, 0.15) is 40.3 Å². The summed E-state index contributed by atoms with van der Waals surface area (Å²) in [6.07, 6.45) is -2.62. The third-order valence-corrected chi connectivity index (χ3v) is 4.73. The number of amides is 1. The second-order valence-electron chi connectivity index (χ2n) is 7.19. The van der Waals surface area contributed by atoms with Crippen LogP contribution in [0.2, 0.25) is 5.02 Å². The van der Waals surface area contributed by atoms with Crippen molar-refractivity contribution in [2.45, 2.75) is 26.1 Å². The molecular formula is C22H16ClF4N3O4. The molecule has 1 aromatic carbocycles. The van der Waals surface area contributed by atoms with Gasteiger partial charge in [0.2, 0.25) is 5.88 Å². The zero-order chi connectivity index (χ0) is 25.2. The second-order valence-corrected chi connectivity index (χ2v) is 7.63. The van der Waals surface area contributed by atoms with Crippen molar-refractivity contribution in [2.24, 2.45) is 0 Å². The molecule has 3 rings (SSSR count). The van der Waals surface area contributed by atoms with Gasteiger partial charge in [-0.25, -0.2) is 19.2 Å². The van der Waals surface area contributed by atoms with Crippen LogP contribution < -0.4 is 9.64 Å². The first-order chi connectivity index (χ1) is 15.9.